The molecule has 0 bridgehead atoms. The van der Waals surface area contributed by atoms with E-state index < -0.39 is 11.8 Å². The number of carbonyl (C=O) groups excluding carboxylic acids is 1. The van der Waals surface area contributed by atoms with E-state index in [0.717, 1.165) is 5.56 Å². The van der Waals surface area contributed by atoms with E-state index in [1.807, 2.05) is 30.3 Å². The standard InChI is InChI=1S/C24H17BrClFO4/c1-2-29-24(28)22-15-11-21(30-13-16-18(26)9-6-10-19(16)27)17(25)12-20(15)31-23(22)14-7-4-3-5-8-14/h3-12H,2,13H2,1H3. The quantitative estimate of drug-likeness (QED) is 0.257. The first-order valence-electron chi connectivity index (χ1n) is 9.53. The topological polar surface area (TPSA) is 48.7 Å². The Morgan fingerprint density at radius 1 is 1.13 bits per heavy atom. The SMILES string of the molecule is CCOC(=O)c1c(-c2ccccc2)oc2cc(Br)c(OCc3c(F)cccc3Cl)cc12. The van der Waals surface area contributed by atoms with Gasteiger partial charge in [-0.05, 0) is 47.1 Å². The summed E-state index contributed by atoms with van der Waals surface area (Å²) in [7, 11) is 0. The third-order valence-electron chi connectivity index (χ3n) is 4.69. The van der Waals surface area contributed by atoms with E-state index >= 15 is 0 Å². The lowest BCUT2D eigenvalue weighted by Crippen LogP contribution is -2.05. The van der Waals surface area contributed by atoms with E-state index in [4.69, 9.17) is 25.5 Å². The molecule has 0 N–H and O–H groups in total. The minimum absolute atomic E-state index is 0.0756. The highest BCUT2D eigenvalue weighted by atomic mass is 79.9. The zero-order valence-electron chi connectivity index (χ0n) is 16.5. The van der Waals surface area contributed by atoms with Gasteiger partial charge < -0.3 is 13.9 Å². The molecule has 0 saturated heterocycles. The molecule has 31 heavy (non-hydrogen) atoms. The Morgan fingerprint density at radius 2 is 1.90 bits per heavy atom. The Balaban J connectivity index is 1.79. The number of benzene rings is 3. The van der Waals surface area contributed by atoms with Crippen LogP contribution in [0.2, 0.25) is 5.02 Å². The third-order valence-corrected chi connectivity index (χ3v) is 5.67. The Labute approximate surface area is 191 Å². The van der Waals surface area contributed by atoms with Crippen molar-refractivity contribution in [2.24, 2.45) is 0 Å². The van der Waals surface area contributed by atoms with Gasteiger partial charge in [-0.2, -0.15) is 0 Å². The maximum atomic E-state index is 14.1. The van der Waals surface area contributed by atoms with Gasteiger partial charge in [0.15, 0.2) is 0 Å². The van der Waals surface area contributed by atoms with Crippen LogP contribution in [0.3, 0.4) is 0 Å². The summed E-state index contributed by atoms with van der Waals surface area (Å²) in [5.74, 6) is -0.120. The van der Waals surface area contributed by atoms with Gasteiger partial charge in [-0.1, -0.05) is 48.0 Å². The van der Waals surface area contributed by atoms with Crippen molar-refractivity contribution < 1.29 is 23.1 Å². The minimum Gasteiger partial charge on any atom is -0.488 e. The molecule has 0 unspecified atom stereocenters. The van der Waals surface area contributed by atoms with Crippen LogP contribution in [0.1, 0.15) is 22.8 Å². The Morgan fingerprint density at radius 3 is 2.61 bits per heavy atom. The lowest BCUT2D eigenvalue weighted by atomic mass is 10.1. The van der Waals surface area contributed by atoms with Gasteiger partial charge in [-0.3, -0.25) is 0 Å². The second kappa shape index (κ2) is 9.12. The molecule has 0 amide bonds. The smallest absolute Gasteiger partial charge is 0.342 e. The summed E-state index contributed by atoms with van der Waals surface area (Å²) in [4.78, 5) is 12.8. The largest absolute Gasteiger partial charge is 0.488 e. The number of rotatable bonds is 6. The van der Waals surface area contributed by atoms with E-state index in [1.54, 1.807) is 25.1 Å². The molecular formula is C24H17BrClFO4. The molecule has 1 heterocycles. The van der Waals surface area contributed by atoms with E-state index in [0.29, 0.717) is 32.5 Å². The highest BCUT2D eigenvalue weighted by Crippen LogP contribution is 2.39. The van der Waals surface area contributed by atoms with Crippen LogP contribution in [0.15, 0.2) is 69.6 Å². The number of fused-ring (bicyclic) bond motifs is 1. The lowest BCUT2D eigenvalue weighted by molar-refractivity contribution is 0.0528. The average Bonchev–Trinajstić information content (AvgIpc) is 3.12. The Bertz CT molecular complexity index is 1230. The Hall–Kier alpha value is -2.83. The molecule has 4 aromatic rings. The fourth-order valence-electron chi connectivity index (χ4n) is 3.23. The zero-order chi connectivity index (χ0) is 22.0. The van der Waals surface area contributed by atoms with Crippen LogP contribution in [0.5, 0.6) is 5.75 Å². The normalized spacial score (nSPS) is 11.0. The molecule has 4 rings (SSSR count). The first-order chi connectivity index (χ1) is 15.0. The molecule has 0 aliphatic heterocycles. The highest BCUT2D eigenvalue weighted by Gasteiger charge is 2.24. The van der Waals surface area contributed by atoms with Crippen molar-refractivity contribution in [1.29, 1.82) is 0 Å². The molecule has 0 aliphatic carbocycles. The average molecular weight is 504 g/mol. The fourth-order valence-corrected chi connectivity index (χ4v) is 3.88. The fraction of sp³-hybridized carbons (Fsp3) is 0.125. The van der Waals surface area contributed by atoms with E-state index in [-0.39, 0.29) is 23.8 Å². The van der Waals surface area contributed by atoms with Crippen LogP contribution in [-0.2, 0) is 11.3 Å². The molecule has 4 nitrogen and oxygen atoms in total. The van der Waals surface area contributed by atoms with Gasteiger partial charge in [-0.15, -0.1) is 0 Å². The van der Waals surface area contributed by atoms with Crippen molar-refractivity contribution in [3.8, 4) is 17.1 Å². The summed E-state index contributed by atoms with van der Waals surface area (Å²) >= 11 is 9.55. The predicted molar refractivity (Wildman–Crippen MR) is 121 cm³/mol. The van der Waals surface area contributed by atoms with Crippen LogP contribution in [0.4, 0.5) is 4.39 Å². The van der Waals surface area contributed by atoms with Gasteiger partial charge >= 0.3 is 5.97 Å². The minimum atomic E-state index is -0.495. The van der Waals surface area contributed by atoms with Crippen LogP contribution in [-0.4, -0.2) is 12.6 Å². The first-order valence-corrected chi connectivity index (χ1v) is 10.7. The summed E-state index contributed by atoms with van der Waals surface area (Å²) < 4.78 is 31.8. The number of hydrogen-bond donors (Lipinski definition) is 0. The second-order valence-electron chi connectivity index (χ2n) is 6.66. The van der Waals surface area contributed by atoms with Crippen molar-refractivity contribution in [1.82, 2.24) is 0 Å². The van der Waals surface area contributed by atoms with E-state index in [9.17, 15) is 9.18 Å². The molecule has 1 aromatic heterocycles. The van der Waals surface area contributed by atoms with Gasteiger partial charge in [0.05, 0.1) is 16.1 Å². The summed E-state index contributed by atoms with van der Waals surface area (Å²) in [6, 6.07) is 17.2. The van der Waals surface area contributed by atoms with Crippen molar-refractivity contribution in [2.75, 3.05) is 6.61 Å². The summed E-state index contributed by atoms with van der Waals surface area (Å²) in [5.41, 5.74) is 1.80. The maximum absolute atomic E-state index is 14.1. The molecule has 0 radical (unpaired) electrons. The van der Waals surface area contributed by atoms with Crippen molar-refractivity contribution >= 4 is 44.5 Å². The van der Waals surface area contributed by atoms with Crippen molar-refractivity contribution in [2.45, 2.75) is 13.5 Å². The van der Waals surface area contributed by atoms with Gasteiger partial charge in [0.25, 0.3) is 0 Å². The molecule has 3 aromatic carbocycles. The zero-order valence-corrected chi connectivity index (χ0v) is 18.8. The number of hydrogen-bond acceptors (Lipinski definition) is 4. The van der Waals surface area contributed by atoms with Gasteiger partial charge in [-0.25, -0.2) is 9.18 Å². The van der Waals surface area contributed by atoms with Crippen LogP contribution >= 0.6 is 27.5 Å². The highest BCUT2D eigenvalue weighted by molar-refractivity contribution is 9.10. The third kappa shape index (κ3) is 4.31. The number of halogens is 3. The van der Waals surface area contributed by atoms with Crippen molar-refractivity contribution in [3.05, 3.63) is 87.1 Å². The van der Waals surface area contributed by atoms with Gasteiger partial charge in [0, 0.05) is 16.5 Å². The molecule has 158 valence electrons. The molecular weight excluding hydrogens is 487 g/mol. The predicted octanol–water partition coefficient (Wildman–Crippen LogP) is 7.41. The molecule has 7 heteroatoms. The van der Waals surface area contributed by atoms with Crippen LogP contribution in [0, 0.1) is 5.82 Å². The van der Waals surface area contributed by atoms with Crippen LogP contribution in [0.25, 0.3) is 22.3 Å². The second-order valence-corrected chi connectivity index (χ2v) is 7.92. The number of furan rings is 1. The van der Waals surface area contributed by atoms with E-state index in [1.165, 1.54) is 12.1 Å². The first kappa shape index (κ1) is 21.4. The maximum Gasteiger partial charge on any atom is 0.342 e. The van der Waals surface area contributed by atoms with E-state index in [2.05, 4.69) is 15.9 Å². The van der Waals surface area contributed by atoms with Gasteiger partial charge in [0.1, 0.15) is 35.1 Å². The molecule has 0 aliphatic rings. The summed E-state index contributed by atoms with van der Waals surface area (Å²) in [6.45, 7) is 1.89. The summed E-state index contributed by atoms with van der Waals surface area (Å²) in [6.07, 6.45) is 0. The summed E-state index contributed by atoms with van der Waals surface area (Å²) in [5, 5.41) is 0.814. The number of ether oxygens (including phenoxy) is 2. The van der Waals surface area contributed by atoms with Crippen LogP contribution < -0.4 is 4.74 Å². The molecule has 0 atom stereocenters. The molecule has 0 spiro atoms. The Kier molecular flexibility index (Phi) is 6.30. The van der Waals surface area contributed by atoms with Crippen molar-refractivity contribution in [3.63, 3.8) is 0 Å². The number of carbonyl (C=O) groups is 1. The molecule has 0 saturated carbocycles. The monoisotopic (exact) mass is 502 g/mol. The number of esters is 1. The lowest BCUT2D eigenvalue weighted by Gasteiger charge is -2.10. The van der Waals surface area contributed by atoms with Gasteiger partial charge in [0.2, 0.25) is 0 Å². The molecule has 0 fully saturated rings.